The Morgan fingerprint density at radius 3 is 2.21 bits per heavy atom. The van der Waals surface area contributed by atoms with Gasteiger partial charge in [-0.3, -0.25) is 14.6 Å². The van der Waals surface area contributed by atoms with Crippen LogP contribution >= 0.6 is 0 Å². The van der Waals surface area contributed by atoms with Crippen LogP contribution in [-0.2, 0) is 15.0 Å². The molecule has 3 aliphatic rings. The highest BCUT2D eigenvalue weighted by Crippen LogP contribution is 2.49. The van der Waals surface area contributed by atoms with Gasteiger partial charge in [-0.05, 0) is 71.6 Å². The van der Waals surface area contributed by atoms with Crippen molar-refractivity contribution in [3.8, 4) is 5.75 Å². The number of ketones is 1. The van der Waals surface area contributed by atoms with Crippen LogP contribution in [0.15, 0.2) is 77.8 Å². The molecule has 3 aromatic carbocycles. The average molecular weight is 521 g/mol. The minimum absolute atomic E-state index is 0.0109. The first kappa shape index (κ1) is 25.5. The van der Waals surface area contributed by atoms with Crippen LogP contribution in [0.1, 0.15) is 75.1 Å². The lowest BCUT2D eigenvalue weighted by atomic mass is 9.71. The van der Waals surface area contributed by atoms with Crippen molar-refractivity contribution in [1.29, 1.82) is 0 Å². The molecule has 200 valence electrons. The van der Waals surface area contributed by atoms with Crippen molar-refractivity contribution in [2.45, 2.75) is 63.8 Å². The van der Waals surface area contributed by atoms with Crippen LogP contribution in [0.5, 0.6) is 5.75 Å². The molecule has 3 atom stereocenters. The first-order valence-electron chi connectivity index (χ1n) is 14.0. The summed E-state index contributed by atoms with van der Waals surface area (Å²) in [7, 11) is 1.66. The number of rotatable bonds is 4. The van der Waals surface area contributed by atoms with E-state index in [0.29, 0.717) is 12.8 Å². The Labute approximate surface area is 230 Å². The number of carbonyl (C=O) groups excluding carboxylic acids is 2. The Balaban J connectivity index is 1.47. The Kier molecular flexibility index (Phi) is 6.41. The van der Waals surface area contributed by atoms with Gasteiger partial charge in [0.05, 0.1) is 30.4 Å². The molecule has 1 amide bonds. The number of methoxy groups -OCH3 is 1. The predicted molar refractivity (Wildman–Crippen MR) is 155 cm³/mol. The van der Waals surface area contributed by atoms with Crippen LogP contribution in [0, 0.1) is 11.8 Å². The molecule has 0 aromatic heterocycles. The number of hydrogen-bond acceptors (Lipinski definition) is 4. The fraction of sp³-hybridized carbons (Fsp3) is 0.382. The molecule has 5 nitrogen and oxygen atoms in total. The van der Waals surface area contributed by atoms with Crippen LogP contribution in [0.2, 0.25) is 0 Å². The third-order valence-electron chi connectivity index (χ3n) is 8.48. The van der Waals surface area contributed by atoms with Crippen molar-refractivity contribution in [1.82, 2.24) is 0 Å². The van der Waals surface area contributed by atoms with Crippen LogP contribution in [0.25, 0.3) is 0 Å². The van der Waals surface area contributed by atoms with Crippen molar-refractivity contribution in [2.24, 2.45) is 16.8 Å². The number of hydrogen-bond donors (Lipinski definition) is 0. The maximum atomic E-state index is 14.2. The summed E-state index contributed by atoms with van der Waals surface area (Å²) in [5, 5.41) is 0. The van der Waals surface area contributed by atoms with Gasteiger partial charge in [0.1, 0.15) is 11.5 Å². The number of amides is 1. The van der Waals surface area contributed by atoms with Crippen molar-refractivity contribution < 1.29 is 14.3 Å². The highest BCUT2D eigenvalue weighted by Gasteiger charge is 2.48. The molecule has 2 saturated carbocycles. The molecular formula is C34H36N2O3. The molecule has 2 aliphatic carbocycles. The summed E-state index contributed by atoms with van der Waals surface area (Å²) in [5.74, 6) is 0.630. The standard InChI is InChI=1S/C34H36N2O3/c1-34(2,3)25-15-11-22(12-16-25)32-31-28(19-24(20-30(31)37)21-13-17-26(39-4)18-14-21)35-27-7-5-6-8-29(27)36(32)33(38)23-9-10-23/h5-8,11-18,23-24,31-32H,9-10,19-20H2,1-4H3. The average Bonchev–Trinajstić information content (AvgIpc) is 3.79. The van der Waals surface area contributed by atoms with Crippen LogP contribution in [-0.4, -0.2) is 24.5 Å². The third kappa shape index (κ3) is 4.80. The summed E-state index contributed by atoms with van der Waals surface area (Å²) in [5.41, 5.74) is 5.77. The monoisotopic (exact) mass is 520 g/mol. The highest BCUT2D eigenvalue weighted by molar-refractivity contribution is 6.13. The summed E-state index contributed by atoms with van der Waals surface area (Å²) in [6.45, 7) is 6.59. The van der Waals surface area contributed by atoms with Gasteiger partial charge in [-0.2, -0.15) is 0 Å². The SMILES string of the molecule is COc1ccc(C2CC(=O)C3C(=Nc4ccccc4N(C(=O)C4CC4)C3c3ccc(C(C)(C)C)cc3)C2)cc1. The largest absolute Gasteiger partial charge is 0.497 e. The number of ether oxygens (including phenoxy) is 1. The molecular weight excluding hydrogens is 484 g/mol. The summed E-state index contributed by atoms with van der Waals surface area (Å²) in [4.78, 5) is 35.2. The van der Waals surface area contributed by atoms with Crippen LogP contribution < -0.4 is 9.64 Å². The maximum absolute atomic E-state index is 14.2. The van der Waals surface area contributed by atoms with E-state index in [1.165, 1.54) is 5.56 Å². The second kappa shape index (κ2) is 9.78. The molecule has 1 aliphatic heterocycles. The zero-order valence-corrected chi connectivity index (χ0v) is 23.2. The summed E-state index contributed by atoms with van der Waals surface area (Å²) >= 11 is 0. The third-order valence-corrected chi connectivity index (χ3v) is 8.48. The highest BCUT2D eigenvalue weighted by atomic mass is 16.5. The lowest BCUT2D eigenvalue weighted by molar-refractivity contribution is -0.123. The summed E-state index contributed by atoms with van der Waals surface area (Å²) in [6.07, 6.45) is 2.91. The van der Waals surface area contributed by atoms with E-state index >= 15 is 0 Å². The molecule has 0 radical (unpaired) electrons. The number of para-hydroxylation sites is 2. The molecule has 6 rings (SSSR count). The molecule has 2 fully saturated rings. The van der Waals surface area contributed by atoms with Crippen LogP contribution in [0.4, 0.5) is 11.4 Å². The number of aliphatic imine (C=N–C) groups is 1. The zero-order valence-electron chi connectivity index (χ0n) is 23.2. The topological polar surface area (TPSA) is 59.0 Å². The number of benzene rings is 3. The van der Waals surface area contributed by atoms with Gasteiger partial charge >= 0.3 is 0 Å². The van der Waals surface area contributed by atoms with E-state index in [4.69, 9.17) is 9.73 Å². The lowest BCUT2D eigenvalue weighted by Crippen LogP contribution is -2.46. The first-order valence-corrected chi connectivity index (χ1v) is 14.0. The fourth-order valence-corrected chi connectivity index (χ4v) is 6.11. The van der Waals surface area contributed by atoms with E-state index in [0.717, 1.165) is 46.8 Å². The van der Waals surface area contributed by atoms with Gasteiger partial charge in [0.2, 0.25) is 5.91 Å². The van der Waals surface area contributed by atoms with Crippen molar-refractivity contribution in [3.05, 3.63) is 89.5 Å². The minimum atomic E-state index is -0.477. The number of anilines is 1. The van der Waals surface area contributed by atoms with E-state index in [1.807, 2.05) is 53.4 Å². The molecule has 0 N–H and O–H groups in total. The smallest absolute Gasteiger partial charge is 0.230 e. The van der Waals surface area contributed by atoms with Gasteiger partial charge in [-0.25, -0.2) is 0 Å². The van der Waals surface area contributed by atoms with E-state index in [2.05, 4.69) is 45.0 Å². The molecule has 1 heterocycles. The number of nitrogens with zero attached hydrogens (tertiary/aromatic N) is 2. The fourth-order valence-electron chi connectivity index (χ4n) is 6.11. The Hall–Kier alpha value is -3.73. The van der Waals surface area contributed by atoms with Gasteiger partial charge < -0.3 is 9.64 Å². The Morgan fingerprint density at radius 2 is 1.56 bits per heavy atom. The first-order chi connectivity index (χ1) is 18.7. The normalized spacial score (nSPS) is 22.9. The summed E-state index contributed by atoms with van der Waals surface area (Å²) < 4.78 is 5.34. The molecule has 3 aromatic rings. The van der Waals surface area contributed by atoms with Crippen molar-refractivity contribution in [3.63, 3.8) is 0 Å². The Morgan fingerprint density at radius 1 is 0.897 bits per heavy atom. The zero-order chi connectivity index (χ0) is 27.3. The van der Waals surface area contributed by atoms with Crippen LogP contribution in [0.3, 0.4) is 0 Å². The van der Waals surface area contributed by atoms with E-state index in [9.17, 15) is 9.59 Å². The van der Waals surface area contributed by atoms with E-state index in [-0.39, 0.29) is 28.9 Å². The van der Waals surface area contributed by atoms with Crippen molar-refractivity contribution in [2.75, 3.05) is 12.0 Å². The molecule has 0 saturated heterocycles. The van der Waals surface area contributed by atoms with E-state index < -0.39 is 12.0 Å². The van der Waals surface area contributed by atoms with Gasteiger partial charge in [-0.1, -0.05) is 69.3 Å². The predicted octanol–water partition coefficient (Wildman–Crippen LogP) is 7.33. The number of fused-ring (bicyclic) bond motifs is 2. The van der Waals surface area contributed by atoms with Gasteiger partial charge in [0.15, 0.2) is 0 Å². The lowest BCUT2D eigenvalue weighted by Gasteiger charge is -2.39. The molecule has 0 spiro atoms. The van der Waals surface area contributed by atoms with Gasteiger partial charge in [-0.15, -0.1) is 0 Å². The number of carbonyl (C=O) groups is 2. The quantitative estimate of drug-likeness (QED) is 0.362. The Bertz CT molecular complexity index is 1430. The van der Waals surface area contributed by atoms with Gasteiger partial charge in [0, 0.05) is 18.1 Å². The van der Waals surface area contributed by atoms with Gasteiger partial charge in [0.25, 0.3) is 0 Å². The maximum Gasteiger partial charge on any atom is 0.230 e. The summed E-state index contributed by atoms with van der Waals surface area (Å²) in [6, 6.07) is 24.0. The minimum Gasteiger partial charge on any atom is -0.497 e. The number of Topliss-reactive ketones (excluding diaryl/α,β-unsaturated/α-hetero) is 1. The van der Waals surface area contributed by atoms with Crippen molar-refractivity contribution >= 4 is 28.8 Å². The molecule has 3 unspecified atom stereocenters. The van der Waals surface area contributed by atoms with E-state index in [1.54, 1.807) is 7.11 Å². The molecule has 0 bridgehead atoms. The molecule has 39 heavy (non-hydrogen) atoms. The molecule has 5 heteroatoms. The second-order valence-electron chi connectivity index (χ2n) is 12.2. The second-order valence-corrected chi connectivity index (χ2v) is 12.2.